The van der Waals surface area contributed by atoms with Crippen molar-refractivity contribution < 1.29 is 31.2 Å². The highest BCUT2D eigenvalue weighted by Crippen LogP contribution is 2.32. The van der Waals surface area contributed by atoms with Gasteiger partial charge in [-0.25, -0.2) is 8.42 Å². The van der Waals surface area contributed by atoms with Crippen molar-refractivity contribution in [3.05, 3.63) is 71.3 Å². The van der Waals surface area contributed by atoms with Gasteiger partial charge in [0.05, 0.1) is 23.0 Å². The molecule has 11 heteroatoms. The molecule has 1 atom stereocenters. The number of alkyl halides is 3. The number of nitrogens with one attached hydrogen (secondary N) is 2. The molecule has 0 saturated carbocycles. The van der Waals surface area contributed by atoms with Crippen LogP contribution in [-0.2, 0) is 20.8 Å². The average molecular weight is 536 g/mol. The summed E-state index contributed by atoms with van der Waals surface area (Å²) < 4.78 is 62.1. The largest absolute Gasteiger partial charge is 0.416 e. The number of nitrogens with zero attached hydrogens (tertiary/aromatic N) is 1. The molecule has 7 nitrogen and oxygen atoms in total. The van der Waals surface area contributed by atoms with Crippen molar-refractivity contribution >= 4 is 27.2 Å². The maximum absolute atomic E-state index is 12.8. The summed E-state index contributed by atoms with van der Waals surface area (Å²) in [7, 11) is -3.26. The zero-order valence-corrected chi connectivity index (χ0v) is 21.0. The number of hydrogen-bond acceptors (Lipinski definition) is 5. The van der Waals surface area contributed by atoms with E-state index in [0.717, 1.165) is 48.6 Å². The lowest BCUT2D eigenvalue weighted by atomic mass is 9.88. The van der Waals surface area contributed by atoms with Gasteiger partial charge < -0.3 is 10.6 Å². The third-order valence-electron chi connectivity index (χ3n) is 6.67. The van der Waals surface area contributed by atoms with Crippen molar-refractivity contribution in [2.75, 3.05) is 25.9 Å². The van der Waals surface area contributed by atoms with Crippen LogP contribution in [-0.4, -0.2) is 63.1 Å². The molecule has 0 radical (unpaired) electrons. The summed E-state index contributed by atoms with van der Waals surface area (Å²) in [5.74, 6) is -1.15. The van der Waals surface area contributed by atoms with E-state index in [2.05, 4.69) is 21.6 Å². The molecule has 2 amide bonds. The van der Waals surface area contributed by atoms with Gasteiger partial charge in [-0.15, -0.1) is 0 Å². The first kappa shape index (κ1) is 26.9. The molecule has 0 bridgehead atoms. The number of benzene rings is 2. The van der Waals surface area contributed by atoms with Crippen molar-refractivity contribution in [1.29, 1.82) is 0 Å². The Kier molecular flexibility index (Phi) is 7.75. The van der Waals surface area contributed by atoms with Gasteiger partial charge in [-0.3, -0.25) is 14.5 Å². The lowest BCUT2D eigenvalue weighted by Crippen LogP contribution is -2.63. The van der Waals surface area contributed by atoms with Crippen LogP contribution in [0.5, 0.6) is 0 Å². The monoisotopic (exact) mass is 535 g/mol. The van der Waals surface area contributed by atoms with E-state index >= 15 is 0 Å². The van der Waals surface area contributed by atoms with Crippen LogP contribution in [0.4, 0.5) is 13.2 Å². The Bertz CT molecular complexity index is 1320. The van der Waals surface area contributed by atoms with Crippen LogP contribution in [0, 0.1) is 0 Å². The molecule has 1 unspecified atom stereocenters. The van der Waals surface area contributed by atoms with E-state index in [1.165, 1.54) is 12.3 Å². The lowest BCUT2D eigenvalue weighted by molar-refractivity contribution is -0.137. The number of sulfone groups is 1. The molecular weight excluding hydrogens is 507 g/mol. The summed E-state index contributed by atoms with van der Waals surface area (Å²) in [4.78, 5) is 26.9. The number of carbonyl (C=O) groups is 2. The predicted molar refractivity (Wildman–Crippen MR) is 132 cm³/mol. The van der Waals surface area contributed by atoms with Crippen LogP contribution in [0.2, 0.25) is 0 Å². The molecule has 1 aliphatic heterocycles. The van der Waals surface area contributed by atoms with Gasteiger partial charge in [-0.2, -0.15) is 13.2 Å². The van der Waals surface area contributed by atoms with Gasteiger partial charge in [0.25, 0.3) is 5.91 Å². The molecule has 4 rings (SSSR count). The predicted octanol–water partition coefficient (Wildman–Crippen LogP) is 3.28. The highest BCUT2D eigenvalue weighted by Gasteiger charge is 2.34. The zero-order chi connectivity index (χ0) is 26.8. The van der Waals surface area contributed by atoms with Crippen LogP contribution in [0.3, 0.4) is 0 Å². The van der Waals surface area contributed by atoms with Crippen LogP contribution in [0.25, 0.3) is 5.57 Å². The number of halogens is 3. The number of carbonyl (C=O) groups excluding carboxylic acids is 2. The second-order valence-electron chi connectivity index (χ2n) is 9.44. The topological polar surface area (TPSA) is 95.6 Å². The minimum absolute atomic E-state index is 0.0604. The van der Waals surface area contributed by atoms with Gasteiger partial charge >= 0.3 is 6.18 Å². The fraction of sp³-hybridized carbons (Fsp3) is 0.385. The second kappa shape index (κ2) is 10.7. The number of likely N-dealkylation sites (tertiary alicyclic amines) is 1. The maximum Gasteiger partial charge on any atom is 0.416 e. The molecule has 198 valence electrons. The first-order valence-electron chi connectivity index (χ1n) is 11.9. The molecule has 1 aliphatic carbocycles. The summed E-state index contributed by atoms with van der Waals surface area (Å²) in [6.45, 7) is 1.02. The van der Waals surface area contributed by atoms with Crippen LogP contribution < -0.4 is 10.6 Å². The van der Waals surface area contributed by atoms with E-state index in [-0.39, 0.29) is 18.2 Å². The van der Waals surface area contributed by atoms with Crippen molar-refractivity contribution in [1.82, 2.24) is 15.5 Å². The molecule has 2 N–H and O–H groups in total. The van der Waals surface area contributed by atoms with Gasteiger partial charge in [0.1, 0.15) is 0 Å². The molecule has 0 spiro atoms. The first-order valence-corrected chi connectivity index (χ1v) is 13.8. The van der Waals surface area contributed by atoms with Gasteiger partial charge in [-0.05, 0) is 60.7 Å². The fourth-order valence-electron chi connectivity index (χ4n) is 4.62. The van der Waals surface area contributed by atoms with E-state index in [9.17, 15) is 31.2 Å². The van der Waals surface area contributed by atoms with E-state index in [4.69, 9.17) is 0 Å². The smallest absolute Gasteiger partial charge is 0.349 e. The van der Waals surface area contributed by atoms with Gasteiger partial charge in [0.2, 0.25) is 5.91 Å². The van der Waals surface area contributed by atoms with Gasteiger partial charge in [-0.1, -0.05) is 24.3 Å². The normalized spacial score (nSPS) is 19.0. The number of amides is 2. The minimum atomic E-state index is -4.55. The fourth-order valence-corrected chi connectivity index (χ4v) is 5.29. The van der Waals surface area contributed by atoms with Crippen LogP contribution in [0.1, 0.15) is 40.7 Å². The van der Waals surface area contributed by atoms with Crippen molar-refractivity contribution in [3.8, 4) is 0 Å². The molecule has 1 heterocycles. The third-order valence-corrected chi connectivity index (χ3v) is 7.78. The van der Waals surface area contributed by atoms with Crippen molar-refractivity contribution in [2.45, 2.75) is 42.4 Å². The maximum atomic E-state index is 12.8. The third kappa shape index (κ3) is 6.78. The van der Waals surface area contributed by atoms with Crippen molar-refractivity contribution in [2.24, 2.45) is 0 Å². The Morgan fingerprint density at radius 3 is 2.46 bits per heavy atom. The summed E-state index contributed by atoms with van der Waals surface area (Å²) >= 11 is 0. The lowest BCUT2D eigenvalue weighted by Gasteiger charge is -2.45. The van der Waals surface area contributed by atoms with Gasteiger partial charge in [0.15, 0.2) is 9.84 Å². The quantitative estimate of drug-likeness (QED) is 0.568. The standard InChI is InChI=1S/C26H28F3N3O4S/c1-37(35,36)23-7-3-4-18(13-23)17-8-10-22(11-9-17)32-15-21(16-32)31-24(33)14-30-25(34)19-5-2-6-20(12-19)26(27,28)29/h2-8,12-13,21-22H,9-11,14-16H2,1H3,(H,30,34)(H,31,33). The highest BCUT2D eigenvalue weighted by molar-refractivity contribution is 7.90. The van der Waals surface area contributed by atoms with E-state index < -0.39 is 33.4 Å². The molecule has 2 aromatic carbocycles. The summed E-state index contributed by atoms with van der Waals surface area (Å²) in [5.41, 5.74) is 0.961. The Morgan fingerprint density at radius 1 is 1.08 bits per heavy atom. The van der Waals surface area contributed by atoms with E-state index in [1.807, 2.05) is 6.07 Å². The Morgan fingerprint density at radius 2 is 1.81 bits per heavy atom. The van der Waals surface area contributed by atoms with E-state index in [0.29, 0.717) is 24.0 Å². The minimum Gasteiger partial charge on any atom is -0.349 e. The number of allylic oxidation sites excluding steroid dienone is 1. The summed E-state index contributed by atoms with van der Waals surface area (Å²) in [5, 5.41) is 5.20. The first-order chi connectivity index (χ1) is 17.4. The summed E-state index contributed by atoms with van der Waals surface area (Å²) in [6.07, 6.45) is 1.36. The second-order valence-corrected chi connectivity index (χ2v) is 11.5. The highest BCUT2D eigenvalue weighted by atomic mass is 32.2. The molecule has 2 aromatic rings. The van der Waals surface area contributed by atoms with Crippen LogP contribution >= 0.6 is 0 Å². The SMILES string of the molecule is CS(=O)(=O)c1cccc(C2=CCC(N3CC(NC(=O)CNC(=O)c4cccc(C(F)(F)F)c4)C3)CC2)c1. The molecule has 37 heavy (non-hydrogen) atoms. The Balaban J connectivity index is 1.21. The molecule has 1 fully saturated rings. The Hall–Kier alpha value is -3.18. The average Bonchev–Trinajstić information content (AvgIpc) is 2.84. The van der Waals surface area contributed by atoms with Gasteiger partial charge in [0, 0.05) is 31.0 Å². The molecule has 1 saturated heterocycles. The van der Waals surface area contributed by atoms with Crippen LogP contribution in [0.15, 0.2) is 59.5 Å². The zero-order valence-electron chi connectivity index (χ0n) is 20.2. The molecule has 2 aliphatic rings. The number of rotatable bonds is 7. The van der Waals surface area contributed by atoms with Crippen molar-refractivity contribution in [3.63, 3.8) is 0 Å². The molecular formula is C26H28F3N3O4S. The molecule has 0 aromatic heterocycles. The number of hydrogen-bond donors (Lipinski definition) is 2. The Labute approximate surface area is 213 Å². The summed E-state index contributed by atoms with van der Waals surface area (Å²) in [6, 6.07) is 11.3. The van der Waals surface area contributed by atoms with E-state index in [1.54, 1.807) is 18.2 Å².